The average molecular weight is 290 g/mol. The largest absolute Gasteiger partial charge is 0.391 e. The summed E-state index contributed by atoms with van der Waals surface area (Å²) in [5.41, 5.74) is 1.72. The van der Waals surface area contributed by atoms with E-state index in [1.54, 1.807) is 6.07 Å². The number of likely N-dealkylation sites (tertiary alicyclic amines) is 1. The highest BCUT2D eigenvalue weighted by molar-refractivity contribution is 6.39. The second-order valence-corrected chi connectivity index (χ2v) is 5.41. The van der Waals surface area contributed by atoms with Crippen molar-refractivity contribution in [1.29, 1.82) is 0 Å². The van der Waals surface area contributed by atoms with E-state index in [1.165, 1.54) is 4.90 Å². The predicted molar refractivity (Wildman–Crippen MR) is 80.9 cm³/mol. The zero-order valence-electron chi connectivity index (χ0n) is 12.3. The Balaban J connectivity index is 2.02. The number of aliphatic hydroxyl groups is 1. The molecule has 1 saturated heterocycles. The normalized spacial score (nSPS) is 18.4. The lowest BCUT2D eigenvalue weighted by molar-refractivity contribution is -0.145. The summed E-state index contributed by atoms with van der Waals surface area (Å²) in [6.45, 7) is 2.83. The van der Waals surface area contributed by atoms with Gasteiger partial charge in [-0.1, -0.05) is 31.5 Å². The quantitative estimate of drug-likeness (QED) is 0.830. The zero-order chi connectivity index (χ0) is 15.2. The Kier molecular flexibility index (Phi) is 5.33. The SMILES string of the molecule is CCCc1ccccc1NC(=O)C(=O)N1CCCC(O)C1. The van der Waals surface area contributed by atoms with Crippen LogP contribution in [0.1, 0.15) is 31.7 Å². The number of rotatable bonds is 3. The third-order valence-corrected chi connectivity index (χ3v) is 3.66. The maximum Gasteiger partial charge on any atom is 0.313 e. The number of β-amino-alcohol motifs (C(OH)–C–C–N with tert-alkyl or cyclic N) is 1. The molecular weight excluding hydrogens is 268 g/mol. The van der Waals surface area contributed by atoms with Crippen LogP contribution in [0.25, 0.3) is 0 Å². The molecule has 0 bridgehead atoms. The Hall–Kier alpha value is -1.88. The molecule has 0 spiro atoms. The van der Waals surface area contributed by atoms with E-state index in [-0.39, 0.29) is 6.54 Å². The topological polar surface area (TPSA) is 69.6 Å². The summed E-state index contributed by atoms with van der Waals surface area (Å²) in [5.74, 6) is -1.20. The number of hydrogen-bond donors (Lipinski definition) is 2. The molecule has 1 aromatic rings. The second-order valence-electron chi connectivity index (χ2n) is 5.41. The molecule has 2 N–H and O–H groups in total. The molecule has 1 heterocycles. The van der Waals surface area contributed by atoms with Gasteiger partial charge in [-0.2, -0.15) is 0 Å². The summed E-state index contributed by atoms with van der Waals surface area (Å²) in [5, 5.41) is 12.3. The van der Waals surface area contributed by atoms with Gasteiger partial charge in [-0.15, -0.1) is 0 Å². The average Bonchev–Trinajstić information content (AvgIpc) is 2.48. The minimum atomic E-state index is -0.632. The van der Waals surface area contributed by atoms with Gasteiger partial charge in [-0.05, 0) is 30.9 Å². The minimum Gasteiger partial charge on any atom is -0.391 e. The predicted octanol–water partition coefficient (Wildman–Crippen LogP) is 1.56. The van der Waals surface area contributed by atoms with Crippen LogP contribution in [-0.4, -0.2) is 41.0 Å². The molecule has 1 aliphatic heterocycles. The Morgan fingerprint density at radius 2 is 2.14 bits per heavy atom. The van der Waals surface area contributed by atoms with Gasteiger partial charge in [-0.3, -0.25) is 9.59 Å². The molecule has 0 aromatic heterocycles. The van der Waals surface area contributed by atoms with Gasteiger partial charge >= 0.3 is 11.8 Å². The van der Waals surface area contributed by atoms with Crippen molar-refractivity contribution in [2.75, 3.05) is 18.4 Å². The number of amides is 2. The molecule has 1 aromatic carbocycles. The van der Waals surface area contributed by atoms with Crippen LogP contribution in [0.3, 0.4) is 0 Å². The summed E-state index contributed by atoms with van der Waals surface area (Å²) < 4.78 is 0. The fourth-order valence-corrected chi connectivity index (χ4v) is 2.59. The summed E-state index contributed by atoms with van der Waals surface area (Å²) in [6, 6.07) is 7.52. The van der Waals surface area contributed by atoms with E-state index in [0.717, 1.165) is 24.8 Å². The number of carbonyl (C=O) groups is 2. The molecule has 2 rings (SSSR count). The molecule has 0 radical (unpaired) electrons. The van der Waals surface area contributed by atoms with E-state index in [9.17, 15) is 14.7 Å². The Bertz CT molecular complexity index is 516. The van der Waals surface area contributed by atoms with Gasteiger partial charge < -0.3 is 15.3 Å². The number of piperidine rings is 1. The first-order valence-corrected chi connectivity index (χ1v) is 7.48. The molecule has 0 aliphatic carbocycles. The molecule has 1 atom stereocenters. The molecule has 21 heavy (non-hydrogen) atoms. The van der Waals surface area contributed by atoms with Crippen LogP contribution in [0.15, 0.2) is 24.3 Å². The summed E-state index contributed by atoms with van der Waals surface area (Å²) in [6.07, 6.45) is 2.71. The standard InChI is InChI=1S/C16H22N2O3/c1-2-6-12-7-3-4-9-14(12)17-15(20)16(21)18-10-5-8-13(19)11-18/h3-4,7,9,13,19H,2,5-6,8,10-11H2,1H3,(H,17,20). The van der Waals surface area contributed by atoms with Crippen LogP contribution < -0.4 is 5.32 Å². The van der Waals surface area contributed by atoms with Crippen molar-refractivity contribution in [3.8, 4) is 0 Å². The van der Waals surface area contributed by atoms with Gasteiger partial charge in [0.1, 0.15) is 0 Å². The number of aliphatic hydroxyl groups excluding tert-OH is 1. The number of aryl methyl sites for hydroxylation is 1. The van der Waals surface area contributed by atoms with E-state index >= 15 is 0 Å². The Morgan fingerprint density at radius 1 is 1.38 bits per heavy atom. The fraction of sp³-hybridized carbons (Fsp3) is 0.500. The lowest BCUT2D eigenvalue weighted by atomic mass is 10.1. The van der Waals surface area contributed by atoms with Crippen molar-refractivity contribution in [2.45, 2.75) is 38.7 Å². The van der Waals surface area contributed by atoms with Gasteiger partial charge in [-0.25, -0.2) is 0 Å². The Labute approximate surface area is 125 Å². The van der Waals surface area contributed by atoms with Crippen molar-refractivity contribution >= 4 is 17.5 Å². The van der Waals surface area contributed by atoms with Crippen LogP contribution in [0.2, 0.25) is 0 Å². The van der Waals surface area contributed by atoms with Crippen LogP contribution in [0.4, 0.5) is 5.69 Å². The molecule has 2 amide bonds. The molecule has 1 unspecified atom stereocenters. The zero-order valence-corrected chi connectivity index (χ0v) is 12.3. The number of nitrogens with one attached hydrogen (secondary N) is 1. The first-order valence-electron chi connectivity index (χ1n) is 7.48. The van der Waals surface area contributed by atoms with Crippen molar-refractivity contribution in [3.63, 3.8) is 0 Å². The van der Waals surface area contributed by atoms with E-state index in [0.29, 0.717) is 18.7 Å². The first-order chi connectivity index (χ1) is 10.1. The smallest absolute Gasteiger partial charge is 0.313 e. The molecule has 5 heteroatoms. The third kappa shape index (κ3) is 4.04. The summed E-state index contributed by atoms with van der Waals surface area (Å²) >= 11 is 0. The lowest BCUT2D eigenvalue weighted by Gasteiger charge is -2.29. The highest BCUT2D eigenvalue weighted by Crippen LogP contribution is 2.17. The number of carbonyl (C=O) groups excluding carboxylic acids is 2. The van der Waals surface area contributed by atoms with Crippen LogP contribution in [0.5, 0.6) is 0 Å². The van der Waals surface area contributed by atoms with Crippen LogP contribution in [0, 0.1) is 0 Å². The lowest BCUT2D eigenvalue weighted by Crippen LogP contribution is -2.46. The fourth-order valence-electron chi connectivity index (χ4n) is 2.59. The molecule has 1 fully saturated rings. The number of para-hydroxylation sites is 1. The highest BCUT2D eigenvalue weighted by atomic mass is 16.3. The van der Waals surface area contributed by atoms with Gasteiger partial charge in [0, 0.05) is 18.8 Å². The van der Waals surface area contributed by atoms with E-state index < -0.39 is 17.9 Å². The van der Waals surface area contributed by atoms with Crippen molar-refractivity contribution in [3.05, 3.63) is 29.8 Å². The van der Waals surface area contributed by atoms with Crippen LogP contribution >= 0.6 is 0 Å². The second kappa shape index (κ2) is 7.22. The number of hydrogen-bond acceptors (Lipinski definition) is 3. The number of nitrogens with zero attached hydrogens (tertiary/aromatic N) is 1. The number of anilines is 1. The molecule has 1 aliphatic rings. The van der Waals surface area contributed by atoms with Crippen molar-refractivity contribution in [1.82, 2.24) is 4.90 Å². The minimum absolute atomic E-state index is 0.239. The molecule has 114 valence electrons. The van der Waals surface area contributed by atoms with Crippen molar-refractivity contribution in [2.24, 2.45) is 0 Å². The summed E-state index contributed by atoms with van der Waals surface area (Å²) in [4.78, 5) is 25.6. The molecule has 0 saturated carbocycles. The molecular formula is C16H22N2O3. The molecule has 5 nitrogen and oxygen atoms in total. The third-order valence-electron chi connectivity index (χ3n) is 3.66. The Morgan fingerprint density at radius 3 is 2.86 bits per heavy atom. The van der Waals surface area contributed by atoms with E-state index in [2.05, 4.69) is 12.2 Å². The van der Waals surface area contributed by atoms with Crippen LogP contribution in [-0.2, 0) is 16.0 Å². The van der Waals surface area contributed by atoms with Gasteiger partial charge in [0.15, 0.2) is 0 Å². The van der Waals surface area contributed by atoms with E-state index in [4.69, 9.17) is 0 Å². The van der Waals surface area contributed by atoms with Gasteiger partial charge in [0.05, 0.1) is 6.10 Å². The highest BCUT2D eigenvalue weighted by Gasteiger charge is 2.27. The maximum atomic E-state index is 12.1. The first kappa shape index (κ1) is 15.5. The monoisotopic (exact) mass is 290 g/mol. The van der Waals surface area contributed by atoms with Crippen molar-refractivity contribution < 1.29 is 14.7 Å². The van der Waals surface area contributed by atoms with E-state index in [1.807, 2.05) is 18.2 Å². The summed E-state index contributed by atoms with van der Waals surface area (Å²) in [7, 11) is 0. The van der Waals surface area contributed by atoms with Gasteiger partial charge in [0.25, 0.3) is 0 Å². The number of benzene rings is 1. The maximum absolute atomic E-state index is 12.1. The van der Waals surface area contributed by atoms with Gasteiger partial charge in [0.2, 0.25) is 0 Å².